The number of nitrogens with zero attached hydrogens (tertiary/aromatic N) is 3. The molecule has 1 aliphatic carbocycles. The lowest BCUT2D eigenvalue weighted by atomic mass is 10.1. The van der Waals surface area contributed by atoms with Crippen molar-refractivity contribution in [2.75, 3.05) is 48.9 Å². The van der Waals surface area contributed by atoms with Crippen LogP contribution in [0.5, 0.6) is 5.88 Å². The molecule has 2 heterocycles. The number of carbonyl (C=O) groups is 1. The highest BCUT2D eigenvalue weighted by Gasteiger charge is 2.28. The summed E-state index contributed by atoms with van der Waals surface area (Å²) in [5, 5.41) is 5.74. The highest BCUT2D eigenvalue weighted by molar-refractivity contribution is 5.99. The first-order valence-electron chi connectivity index (χ1n) is 13.4. The Balaban J connectivity index is 0.00000380. The third-order valence-electron chi connectivity index (χ3n) is 7.39. The third-order valence-corrected chi connectivity index (χ3v) is 7.39. The molecule has 1 aliphatic heterocycles. The number of carbonyl (C=O) groups excluding carboxylic acids is 1. The molecule has 2 unspecified atom stereocenters. The molecule has 1 saturated carbocycles. The van der Waals surface area contributed by atoms with E-state index >= 15 is 0 Å². The number of pyridine rings is 1. The summed E-state index contributed by atoms with van der Waals surface area (Å²) in [6.45, 7) is 7.96. The Bertz CT molecular complexity index is 953. The van der Waals surface area contributed by atoms with Gasteiger partial charge in [0.15, 0.2) is 0 Å². The van der Waals surface area contributed by atoms with Gasteiger partial charge >= 0.3 is 6.03 Å². The number of hydrogen-bond donors (Lipinski definition) is 2. The van der Waals surface area contributed by atoms with Gasteiger partial charge in [0.2, 0.25) is 5.88 Å². The summed E-state index contributed by atoms with van der Waals surface area (Å²) < 4.78 is 11.4. The van der Waals surface area contributed by atoms with Crippen LogP contribution in [0.2, 0.25) is 0 Å². The van der Waals surface area contributed by atoms with E-state index in [4.69, 9.17) is 9.47 Å². The van der Waals surface area contributed by atoms with E-state index in [0.717, 1.165) is 57.7 Å². The average molecular weight is 498 g/mol. The first-order chi connectivity index (χ1) is 17.5. The number of anilines is 3. The normalized spacial score (nSPS) is 19.0. The lowest BCUT2D eigenvalue weighted by molar-refractivity contribution is 0.107. The Morgan fingerprint density at radius 2 is 1.86 bits per heavy atom. The number of nitrogens with one attached hydrogen (secondary N) is 2. The molecule has 4 rings (SSSR count). The number of likely N-dealkylation sites (N-methyl/N-ethyl adjacent to an activating group) is 1. The molecule has 0 spiro atoms. The molecular formula is C28H43N5O3. The highest BCUT2D eigenvalue weighted by atomic mass is 16.5. The second-order valence-corrected chi connectivity index (χ2v) is 9.92. The maximum Gasteiger partial charge on any atom is 0.323 e. The van der Waals surface area contributed by atoms with Crippen LogP contribution in [-0.2, 0) is 4.74 Å². The van der Waals surface area contributed by atoms with Crippen LogP contribution in [0.1, 0.15) is 53.8 Å². The molecule has 2 amide bonds. The molecule has 1 saturated heterocycles. The molecular weight excluding hydrogens is 454 g/mol. The lowest BCUT2D eigenvalue weighted by Gasteiger charge is -2.31. The molecule has 2 atom stereocenters. The molecule has 36 heavy (non-hydrogen) atoms. The number of aromatic nitrogens is 1. The monoisotopic (exact) mass is 497 g/mol. The van der Waals surface area contributed by atoms with Crippen LogP contribution < -0.4 is 20.3 Å². The highest BCUT2D eigenvalue weighted by Crippen LogP contribution is 2.26. The van der Waals surface area contributed by atoms with Crippen molar-refractivity contribution in [2.45, 2.75) is 70.6 Å². The zero-order valence-electron chi connectivity index (χ0n) is 21.9. The predicted octanol–water partition coefficient (Wildman–Crippen LogP) is 5.62. The van der Waals surface area contributed by atoms with Crippen molar-refractivity contribution in [1.82, 2.24) is 9.88 Å². The summed E-state index contributed by atoms with van der Waals surface area (Å²) in [7, 11) is 2.22. The van der Waals surface area contributed by atoms with Crippen LogP contribution in [0.3, 0.4) is 0 Å². The third kappa shape index (κ3) is 7.34. The Labute approximate surface area is 216 Å². The van der Waals surface area contributed by atoms with E-state index in [1.54, 1.807) is 6.20 Å². The summed E-state index contributed by atoms with van der Waals surface area (Å²) in [4.78, 5) is 21.7. The molecule has 2 N–H and O–H groups in total. The lowest BCUT2D eigenvalue weighted by Crippen LogP contribution is -2.41. The SMILES string of the molecule is CCOCCC(C)N(C)C1CCN(c2ccc(NC(=O)Nc3ccc(OC4CCCC4)nc3)cc2)C1.[HH]. The Hall–Kier alpha value is -2.84. The van der Waals surface area contributed by atoms with Crippen molar-refractivity contribution in [3.63, 3.8) is 0 Å². The summed E-state index contributed by atoms with van der Waals surface area (Å²) >= 11 is 0. The number of urea groups is 1. The van der Waals surface area contributed by atoms with Gasteiger partial charge in [0.05, 0.1) is 11.9 Å². The second-order valence-electron chi connectivity index (χ2n) is 9.92. The van der Waals surface area contributed by atoms with E-state index in [1.165, 1.54) is 18.5 Å². The summed E-state index contributed by atoms with van der Waals surface area (Å²) in [5.41, 5.74) is 2.56. The first-order valence-corrected chi connectivity index (χ1v) is 13.4. The van der Waals surface area contributed by atoms with Gasteiger partial charge in [-0.05, 0) is 89.8 Å². The van der Waals surface area contributed by atoms with Crippen LogP contribution in [-0.4, -0.2) is 67.5 Å². The van der Waals surface area contributed by atoms with Gasteiger partial charge in [-0.2, -0.15) is 0 Å². The predicted molar refractivity (Wildman–Crippen MR) is 147 cm³/mol. The molecule has 0 bridgehead atoms. The van der Waals surface area contributed by atoms with Crippen molar-refractivity contribution in [3.05, 3.63) is 42.6 Å². The van der Waals surface area contributed by atoms with Gasteiger partial charge in [-0.25, -0.2) is 9.78 Å². The molecule has 2 aliphatic rings. The van der Waals surface area contributed by atoms with E-state index in [0.29, 0.717) is 23.7 Å². The van der Waals surface area contributed by atoms with Crippen LogP contribution in [0, 0.1) is 0 Å². The van der Waals surface area contributed by atoms with Crippen LogP contribution in [0.4, 0.5) is 21.9 Å². The number of amides is 2. The second kappa shape index (κ2) is 12.9. The number of ether oxygens (including phenoxy) is 2. The molecule has 2 aromatic rings. The summed E-state index contributed by atoms with van der Waals surface area (Å²) in [6, 6.07) is 12.4. The fourth-order valence-electron chi connectivity index (χ4n) is 5.02. The summed E-state index contributed by atoms with van der Waals surface area (Å²) in [5.74, 6) is 0.610. The van der Waals surface area contributed by atoms with Gasteiger partial charge in [-0.3, -0.25) is 4.90 Å². The summed E-state index contributed by atoms with van der Waals surface area (Å²) in [6.07, 6.45) is 8.72. The number of benzene rings is 1. The zero-order chi connectivity index (χ0) is 25.3. The van der Waals surface area contributed by atoms with Gasteiger partial charge < -0.3 is 25.0 Å². The number of hydrogen-bond acceptors (Lipinski definition) is 6. The Morgan fingerprint density at radius 1 is 1.14 bits per heavy atom. The fourth-order valence-corrected chi connectivity index (χ4v) is 5.02. The van der Waals surface area contributed by atoms with E-state index in [-0.39, 0.29) is 13.6 Å². The molecule has 2 fully saturated rings. The van der Waals surface area contributed by atoms with Crippen LogP contribution in [0.25, 0.3) is 0 Å². The Morgan fingerprint density at radius 3 is 2.56 bits per heavy atom. The fraction of sp³-hybridized carbons (Fsp3) is 0.571. The maximum atomic E-state index is 12.5. The van der Waals surface area contributed by atoms with E-state index < -0.39 is 0 Å². The standard InChI is InChI=1S/C28H41N5O3.H2/c1-4-35-18-16-21(2)32(3)25-15-17-33(20-25)24-12-9-22(10-13-24)30-28(34)31-23-11-14-27(29-19-23)36-26-7-5-6-8-26;/h9-14,19,21,25-26H,4-8,15-18,20H2,1-3H3,(H2,30,31,34);1H. The van der Waals surface area contributed by atoms with Crippen molar-refractivity contribution < 1.29 is 15.7 Å². The van der Waals surface area contributed by atoms with E-state index in [9.17, 15) is 4.79 Å². The molecule has 8 heteroatoms. The van der Waals surface area contributed by atoms with Crippen LogP contribution in [0.15, 0.2) is 42.6 Å². The molecule has 8 nitrogen and oxygen atoms in total. The quantitative estimate of drug-likeness (QED) is 0.393. The minimum Gasteiger partial charge on any atom is -0.474 e. The average Bonchev–Trinajstić information content (AvgIpc) is 3.58. The van der Waals surface area contributed by atoms with Gasteiger partial charge in [-0.15, -0.1) is 0 Å². The minimum atomic E-state index is -0.294. The minimum absolute atomic E-state index is 0. The topological polar surface area (TPSA) is 79.0 Å². The van der Waals surface area contributed by atoms with Crippen LogP contribution >= 0.6 is 0 Å². The molecule has 1 aromatic heterocycles. The Kier molecular flexibility index (Phi) is 9.41. The van der Waals surface area contributed by atoms with Gasteiger partial charge in [0, 0.05) is 57.3 Å². The van der Waals surface area contributed by atoms with Gasteiger partial charge in [-0.1, -0.05) is 0 Å². The molecule has 1 aromatic carbocycles. The molecule has 198 valence electrons. The van der Waals surface area contributed by atoms with Crippen molar-refractivity contribution >= 4 is 23.1 Å². The van der Waals surface area contributed by atoms with Crippen molar-refractivity contribution in [1.29, 1.82) is 0 Å². The smallest absolute Gasteiger partial charge is 0.323 e. The zero-order valence-corrected chi connectivity index (χ0v) is 21.9. The van der Waals surface area contributed by atoms with E-state index in [2.05, 4.69) is 51.5 Å². The maximum absolute atomic E-state index is 12.5. The van der Waals surface area contributed by atoms with E-state index in [1.807, 2.05) is 31.2 Å². The number of rotatable bonds is 11. The van der Waals surface area contributed by atoms with Gasteiger partial charge in [0.25, 0.3) is 0 Å². The largest absolute Gasteiger partial charge is 0.474 e. The van der Waals surface area contributed by atoms with Gasteiger partial charge in [0.1, 0.15) is 6.10 Å². The molecule has 0 radical (unpaired) electrons. The first kappa shape index (κ1) is 26.2. The van der Waals surface area contributed by atoms with Crippen molar-refractivity contribution in [2.24, 2.45) is 0 Å². The van der Waals surface area contributed by atoms with Crippen molar-refractivity contribution in [3.8, 4) is 5.88 Å².